The lowest BCUT2D eigenvalue weighted by Gasteiger charge is -2.21. The van der Waals surface area contributed by atoms with Gasteiger partial charge in [0.15, 0.2) is 0 Å². The van der Waals surface area contributed by atoms with Crippen molar-refractivity contribution in [2.24, 2.45) is 0 Å². The number of hydrogen-bond donors (Lipinski definition) is 1. The lowest BCUT2D eigenvalue weighted by molar-refractivity contribution is 0.175. The Bertz CT molecular complexity index is 879. The van der Waals surface area contributed by atoms with Gasteiger partial charge >= 0.3 is 6.09 Å². The van der Waals surface area contributed by atoms with Gasteiger partial charge in [-0.05, 0) is 43.0 Å². The maximum Gasteiger partial charge on any atom is 0.415 e. The molecule has 1 N–H and O–H groups in total. The number of fused-ring (bicyclic) bond motifs is 1. The van der Waals surface area contributed by atoms with Gasteiger partial charge in [-0.15, -0.1) is 0 Å². The topological polar surface area (TPSA) is 45.5 Å². The van der Waals surface area contributed by atoms with Crippen molar-refractivity contribution in [3.05, 3.63) is 71.6 Å². The molecule has 2 aliphatic rings. The molecule has 0 atom stereocenters. The van der Waals surface area contributed by atoms with Crippen molar-refractivity contribution in [3.63, 3.8) is 0 Å². The van der Waals surface area contributed by atoms with E-state index in [1.165, 1.54) is 23.4 Å². The summed E-state index contributed by atoms with van der Waals surface area (Å²) >= 11 is 0. The van der Waals surface area contributed by atoms with E-state index in [-0.39, 0.29) is 11.7 Å². The Labute approximate surface area is 145 Å². The van der Waals surface area contributed by atoms with Crippen LogP contribution >= 0.6 is 0 Å². The molecule has 0 saturated carbocycles. The second-order valence-electron chi connectivity index (χ2n) is 6.49. The fraction of sp³-hybridized carbons (Fsp3) is 0.250. The van der Waals surface area contributed by atoms with E-state index in [9.17, 15) is 9.18 Å². The van der Waals surface area contributed by atoms with Gasteiger partial charge in [0.1, 0.15) is 5.82 Å². The van der Waals surface area contributed by atoms with E-state index in [4.69, 9.17) is 5.11 Å². The standard InChI is InChI=1S/C20H19FN2O2/c1-13-17-3-2-10-23(17)19(15-8-11-22(12-9-15)20(24)25)18(13)14-4-6-16(21)7-5-14/h4-9,11-12,15H,2-3,10H2,1H3,(H,24,25). The second-order valence-corrected chi connectivity index (χ2v) is 6.49. The molecule has 128 valence electrons. The number of aromatic nitrogens is 1. The first kappa shape index (κ1) is 15.7. The van der Waals surface area contributed by atoms with Crippen LogP contribution in [0.2, 0.25) is 0 Å². The molecule has 1 aromatic heterocycles. The van der Waals surface area contributed by atoms with E-state index in [1.807, 2.05) is 24.3 Å². The minimum Gasteiger partial charge on any atom is -0.464 e. The third kappa shape index (κ3) is 2.56. The lowest BCUT2D eigenvalue weighted by Crippen LogP contribution is -2.20. The van der Waals surface area contributed by atoms with Gasteiger partial charge in [0.05, 0.1) is 0 Å². The molecule has 4 rings (SSSR count). The Morgan fingerprint density at radius 2 is 1.88 bits per heavy atom. The van der Waals surface area contributed by atoms with Crippen LogP contribution < -0.4 is 0 Å². The van der Waals surface area contributed by atoms with E-state index in [1.54, 1.807) is 12.4 Å². The molecule has 2 aliphatic heterocycles. The molecule has 0 aliphatic carbocycles. The second kappa shape index (κ2) is 5.92. The summed E-state index contributed by atoms with van der Waals surface area (Å²) in [5.74, 6) is -0.245. The summed E-state index contributed by atoms with van der Waals surface area (Å²) in [4.78, 5) is 12.2. The van der Waals surface area contributed by atoms with Gasteiger partial charge in [-0.3, -0.25) is 4.90 Å². The summed E-state index contributed by atoms with van der Waals surface area (Å²) in [6, 6.07) is 6.60. The Hall–Kier alpha value is -2.82. The SMILES string of the molecule is Cc1c(-c2ccc(F)cc2)c(C2C=CN(C(=O)O)C=C2)n2c1CCC2. The van der Waals surface area contributed by atoms with E-state index in [0.717, 1.165) is 41.1 Å². The third-order valence-corrected chi connectivity index (χ3v) is 5.05. The lowest BCUT2D eigenvalue weighted by atomic mass is 9.92. The predicted molar refractivity (Wildman–Crippen MR) is 93.8 cm³/mol. The highest BCUT2D eigenvalue weighted by Crippen LogP contribution is 2.41. The number of halogens is 1. The van der Waals surface area contributed by atoms with Crippen LogP contribution in [0.4, 0.5) is 9.18 Å². The first-order chi connectivity index (χ1) is 12.1. The van der Waals surface area contributed by atoms with Gasteiger partial charge < -0.3 is 9.67 Å². The molecule has 2 aromatic rings. The predicted octanol–water partition coefficient (Wildman–Crippen LogP) is 4.65. The maximum atomic E-state index is 13.4. The van der Waals surface area contributed by atoms with Crippen molar-refractivity contribution >= 4 is 6.09 Å². The zero-order valence-electron chi connectivity index (χ0n) is 13.9. The van der Waals surface area contributed by atoms with Crippen LogP contribution in [0.5, 0.6) is 0 Å². The van der Waals surface area contributed by atoms with Crippen LogP contribution in [0, 0.1) is 12.7 Å². The quantitative estimate of drug-likeness (QED) is 0.866. The third-order valence-electron chi connectivity index (χ3n) is 5.05. The summed E-state index contributed by atoms with van der Waals surface area (Å²) in [6.07, 6.45) is 8.15. The fourth-order valence-corrected chi connectivity index (χ4v) is 3.92. The molecule has 25 heavy (non-hydrogen) atoms. The normalized spacial score (nSPS) is 16.5. The van der Waals surface area contributed by atoms with Gasteiger partial charge in [0, 0.05) is 41.8 Å². The highest BCUT2D eigenvalue weighted by molar-refractivity contribution is 5.74. The number of allylic oxidation sites excluding steroid dienone is 2. The summed E-state index contributed by atoms with van der Waals surface area (Å²) in [7, 11) is 0. The molecule has 0 radical (unpaired) electrons. The number of carbonyl (C=O) groups is 1. The minimum atomic E-state index is -0.999. The first-order valence-corrected chi connectivity index (χ1v) is 8.42. The molecule has 3 heterocycles. The van der Waals surface area contributed by atoms with E-state index >= 15 is 0 Å². The average Bonchev–Trinajstić information content (AvgIpc) is 3.18. The van der Waals surface area contributed by atoms with Gasteiger partial charge in [0.25, 0.3) is 0 Å². The molecule has 0 bridgehead atoms. The largest absolute Gasteiger partial charge is 0.464 e. The Morgan fingerprint density at radius 3 is 2.52 bits per heavy atom. The Balaban J connectivity index is 1.84. The highest BCUT2D eigenvalue weighted by Gasteiger charge is 2.28. The molecule has 1 aromatic carbocycles. The van der Waals surface area contributed by atoms with Gasteiger partial charge in [-0.25, -0.2) is 9.18 Å². The zero-order chi connectivity index (χ0) is 17.6. The summed E-state index contributed by atoms with van der Waals surface area (Å²) in [6.45, 7) is 3.09. The van der Waals surface area contributed by atoms with Gasteiger partial charge in [-0.1, -0.05) is 24.3 Å². The van der Waals surface area contributed by atoms with Crippen LogP contribution in [0.15, 0.2) is 48.8 Å². The van der Waals surface area contributed by atoms with Gasteiger partial charge in [0.2, 0.25) is 0 Å². The molecule has 0 spiro atoms. The smallest absolute Gasteiger partial charge is 0.415 e. The molecular weight excluding hydrogens is 319 g/mol. The first-order valence-electron chi connectivity index (χ1n) is 8.42. The fourth-order valence-electron chi connectivity index (χ4n) is 3.92. The average molecular weight is 338 g/mol. The number of hydrogen-bond acceptors (Lipinski definition) is 1. The number of nitrogens with zero attached hydrogens (tertiary/aromatic N) is 2. The summed E-state index contributed by atoms with van der Waals surface area (Å²) in [5, 5.41) is 9.10. The number of amides is 1. The van der Waals surface area contributed by atoms with Crippen LogP contribution in [0.3, 0.4) is 0 Å². The van der Waals surface area contributed by atoms with Crippen LogP contribution in [0.1, 0.15) is 29.3 Å². The van der Waals surface area contributed by atoms with Crippen molar-refractivity contribution in [1.29, 1.82) is 0 Å². The van der Waals surface area contributed by atoms with Gasteiger partial charge in [-0.2, -0.15) is 0 Å². The van der Waals surface area contributed by atoms with E-state index in [2.05, 4.69) is 11.5 Å². The molecular formula is C20H19FN2O2. The minimum absolute atomic E-state index is 0.00111. The number of benzene rings is 1. The summed E-state index contributed by atoms with van der Waals surface area (Å²) in [5.41, 5.74) is 5.86. The monoisotopic (exact) mass is 338 g/mol. The Kier molecular flexibility index (Phi) is 3.71. The van der Waals surface area contributed by atoms with Crippen LogP contribution in [0.25, 0.3) is 11.1 Å². The zero-order valence-corrected chi connectivity index (χ0v) is 13.9. The number of rotatable bonds is 2. The van der Waals surface area contributed by atoms with Crippen molar-refractivity contribution in [2.45, 2.75) is 32.2 Å². The van der Waals surface area contributed by atoms with Crippen LogP contribution in [-0.2, 0) is 13.0 Å². The molecule has 1 amide bonds. The van der Waals surface area contributed by atoms with Crippen molar-refractivity contribution in [2.75, 3.05) is 0 Å². The van der Waals surface area contributed by atoms with E-state index < -0.39 is 6.09 Å². The van der Waals surface area contributed by atoms with Crippen molar-refractivity contribution in [3.8, 4) is 11.1 Å². The number of carboxylic acid groups (broad SMARTS) is 1. The molecule has 4 nitrogen and oxygen atoms in total. The highest BCUT2D eigenvalue weighted by atomic mass is 19.1. The molecule has 5 heteroatoms. The van der Waals surface area contributed by atoms with Crippen LogP contribution in [-0.4, -0.2) is 20.7 Å². The maximum absolute atomic E-state index is 13.4. The van der Waals surface area contributed by atoms with Crippen molar-refractivity contribution < 1.29 is 14.3 Å². The summed E-state index contributed by atoms with van der Waals surface area (Å²) < 4.78 is 15.7. The molecule has 0 fully saturated rings. The molecule has 0 saturated heterocycles. The van der Waals surface area contributed by atoms with E-state index in [0.29, 0.717) is 0 Å². The van der Waals surface area contributed by atoms with Crippen molar-refractivity contribution in [1.82, 2.24) is 9.47 Å². The Morgan fingerprint density at radius 1 is 1.20 bits per heavy atom. The molecule has 0 unspecified atom stereocenters.